The molecule has 0 aliphatic rings. The molecule has 0 saturated heterocycles. The maximum Gasteiger partial charge on any atom is 0.411 e. The zero-order valence-electron chi connectivity index (χ0n) is 15.2. The zero-order chi connectivity index (χ0) is 19.6. The van der Waals surface area contributed by atoms with Crippen molar-refractivity contribution in [3.8, 4) is 0 Å². The van der Waals surface area contributed by atoms with Crippen LogP contribution in [-0.2, 0) is 14.3 Å². The number of ether oxygens (including phenoxy) is 2. The van der Waals surface area contributed by atoms with Crippen molar-refractivity contribution in [1.82, 2.24) is 5.32 Å². The maximum atomic E-state index is 12.6. The van der Waals surface area contributed by atoms with Gasteiger partial charge in [-0.2, -0.15) is 0 Å². The predicted molar refractivity (Wildman–Crippen MR) is 100 cm³/mol. The highest BCUT2D eigenvalue weighted by molar-refractivity contribution is 5.95. The number of carbonyl (C=O) groups excluding carboxylic acids is 3. The van der Waals surface area contributed by atoms with Crippen molar-refractivity contribution in [3.05, 3.63) is 65.7 Å². The third kappa shape index (κ3) is 6.14. The smallest absolute Gasteiger partial charge is 0.411 e. The van der Waals surface area contributed by atoms with E-state index in [1.54, 1.807) is 31.2 Å². The van der Waals surface area contributed by atoms with Gasteiger partial charge in [0.05, 0.1) is 26.2 Å². The molecule has 0 aliphatic heterocycles. The highest BCUT2D eigenvalue weighted by Crippen LogP contribution is 2.18. The van der Waals surface area contributed by atoms with Crippen LogP contribution >= 0.6 is 0 Å². The molecule has 2 N–H and O–H groups in total. The van der Waals surface area contributed by atoms with Crippen LogP contribution in [0.5, 0.6) is 0 Å². The average molecular weight is 370 g/mol. The Hall–Kier alpha value is -3.35. The van der Waals surface area contributed by atoms with Gasteiger partial charge in [0.2, 0.25) is 0 Å². The number of benzene rings is 2. The zero-order valence-corrected chi connectivity index (χ0v) is 15.2. The van der Waals surface area contributed by atoms with Gasteiger partial charge >= 0.3 is 12.1 Å². The lowest BCUT2D eigenvalue weighted by Crippen LogP contribution is -2.30. The van der Waals surface area contributed by atoms with Gasteiger partial charge in [0, 0.05) is 11.3 Å². The minimum Gasteiger partial charge on any atom is -0.469 e. The van der Waals surface area contributed by atoms with Crippen LogP contribution in [0.3, 0.4) is 0 Å². The topological polar surface area (TPSA) is 93.7 Å². The molecule has 0 bridgehead atoms. The number of anilines is 1. The number of hydrogen-bond acceptors (Lipinski definition) is 5. The first-order valence-corrected chi connectivity index (χ1v) is 8.50. The van der Waals surface area contributed by atoms with Gasteiger partial charge in [-0.1, -0.05) is 30.3 Å². The minimum absolute atomic E-state index is 0.0226. The lowest BCUT2D eigenvalue weighted by molar-refractivity contribution is -0.141. The lowest BCUT2D eigenvalue weighted by Gasteiger charge is -2.18. The van der Waals surface area contributed by atoms with E-state index in [4.69, 9.17) is 9.47 Å². The van der Waals surface area contributed by atoms with E-state index in [9.17, 15) is 14.4 Å². The molecule has 2 aromatic rings. The summed E-state index contributed by atoms with van der Waals surface area (Å²) in [5, 5.41) is 5.40. The van der Waals surface area contributed by atoms with Crippen LogP contribution in [0.4, 0.5) is 10.5 Å². The van der Waals surface area contributed by atoms with Gasteiger partial charge in [0.15, 0.2) is 0 Å². The number of methoxy groups -OCH3 is 1. The molecule has 0 aromatic heterocycles. The number of esters is 1. The maximum absolute atomic E-state index is 12.6. The van der Waals surface area contributed by atoms with Crippen molar-refractivity contribution in [2.45, 2.75) is 19.4 Å². The molecule has 142 valence electrons. The second-order valence-electron chi connectivity index (χ2n) is 5.64. The van der Waals surface area contributed by atoms with Crippen molar-refractivity contribution >= 4 is 23.7 Å². The third-order valence-corrected chi connectivity index (χ3v) is 3.77. The van der Waals surface area contributed by atoms with Crippen molar-refractivity contribution in [1.29, 1.82) is 0 Å². The normalized spacial score (nSPS) is 11.2. The van der Waals surface area contributed by atoms with Crippen molar-refractivity contribution in [3.63, 3.8) is 0 Å². The largest absolute Gasteiger partial charge is 0.469 e. The fourth-order valence-electron chi connectivity index (χ4n) is 2.42. The SMILES string of the molecule is CCOC(=O)Nc1ccc(C(=O)NC(CC(=O)OC)c2ccccc2)cc1. The molecule has 7 heteroatoms. The van der Waals surface area contributed by atoms with E-state index in [1.807, 2.05) is 30.3 Å². The van der Waals surface area contributed by atoms with E-state index in [-0.39, 0.29) is 18.9 Å². The summed E-state index contributed by atoms with van der Waals surface area (Å²) >= 11 is 0. The van der Waals surface area contributed by atoms with E-state index < -0.39 is 18.1 Å². The number of hydrogen-bond donors (Lipinski definition) is 2. The highest BCUT2D eigenvalue weighted by Gasteiger charge is 2.19. The number of nitrogens with one attached hydrogen (secondary N) is 2. The van der Waals surface area contributed by atoms with Gasteiger partial charge in [0.25, 0.3) is 5.91 Å². The molecular weight excluding hydrogens is 348 g/mol. The molecule has 0 spiro atoms. The van der Waals surface area contributed by atoms with Gasteiger partial charge in [-0.15, -0.1) is 0 Å². The minimum atomic E-state index is -0.558. The van der Waals surface area contributed by atoms with E-state index >= 15 is 0 Å². The molecule has 1 unspecified atom stereocenters. The van der Waals surface area contributed by atoms with E-state index in [0.717, 1.165) is 5.56 Å². The van der Waals surface area contributed by atoms with Gasteiger partial charge < -0.3 is 14.8 Å². The number of carbonyl (C=O) groups is 3. The number of rotatable bonds is 7. The Kier molecular flexibility index (Phi) is 7.37. The van der Waals surface area contributed by atoms with Crippen LogP contribution in [0, 0.1) is 0 Å². The van der Waals surface area contributed by atoms with Crippen LogP contribution in [0.2, 0.25) is 0 Å². The Morgan fingerprint density at radius 2 is 1.67 bits per heavy atom. The van der Waals surface area contributed by atoms with Crippen molar-refractivity contribution in [2.75, 3.05) is 19.0 Å². The van der Waals surface area contributed by atoms with Crippen LogP contribution in [0.25, 0.3) is 0 Å². The third-order valence-electron chi connectivity index (χ3n) is 3.77. The summed E-state index contributed by atoms with van der Waals surface area (Å²) in [6.07, 6.45) is -0.536. The first kappa shape index (κ1) is 20.0. The van der Waals surface area contributed by atoms with Gasteiger partial charge in [-0.05, 0) is 36.8 Å². The van der Waals surface area contributed by atoms with Gasteiger partial charge in [-0.3, -0.25) is 14.9 Å². The Morgan fingerprint density at radius 3 is 2.26 bits per heavy atom. The Labute approximate surface area is 157 Å². The molecule has 0 radical (unpaired) electrons. The van der Waals surface area contributed by atoms with Crippen LogP contribution in [-0.4, -0.2) is 31.7 Å². The fourth-order valence-corrected chi connectivity index (χ4v) is 2.42. The summed E-state index contributed by atoms with van der Waals surface area (Å²) in [5.41, 5.74) is 1.71. The molecular formula is C20H22N2O5. The Morgan fingerprint density at radius 1 is 1.00 bits per heavy atom. The van der Waals surface area contributed by atoms with Gasteiger partial charge in [-0.25, -0.2) is 4.79 Å². The molecule has 2 rings (SSSR count). The molecule has 0 heterocycles. The summed E-state index contributed by atoms with van der Waals surface area (Å²) in [6.45, 7) is 1.98. The summed E-state index contributed by atoms with van der Waals surface area (Å²) in [4.78, 5) is 35.7. The monoisotopic (exact) mass is 370 g/mol. The fraction of sp³-hybridized carbons (Fsp3) is 0.250. The van der Waals surface area contributed by atoms with Gasteiger partial charge in [0.1, 0.15) is 0 Å². The molecule has 0 fully saturated rings. The van der Waals surface area contributed by atoms with Crippen LogP contribution in [0.1, 0.15) is 35.3 Å². The van der Waals surface area contributed by atoms with Crippen LogP contribution in [0.15, 0.2) is 54.6 Å². The predicted octanol–water partition coefficient (Wildman–Crippen LogP) is 3.29. The molecule has 7 nitrogen and oxygen atoms in total. The average Bonchev–Trinajstić information content (AvgIpc) is 2.68. The molecule has 0 aliphatic carbocycles. The number of amides is 2. The Balaban J connectivity index is 2.08. The van der Waals surface area contributed by atoms with Crippen LogP contribution < -0.4 is 10.6 Å². The lowest BCUT2D eigenvalue weighted by atomic mass is 10.0. The first-order valence-electron chi connectivity index (χ1n) is 8.50. The molecule has 1 atom stereocenters. The molecule has 27 heavy (non-hydrogen) atoms. The first-order chi connectivity index (χ1) is 13.0. The van der Waals surface area contributed by atoms with Crippen molar-refractivity contribution in [2.24, 2.45) is 0 Å². The highest BCUT2D eigenvalue weighted by atomic mass is 16.5. The van der Waals surface area contributed by atoms with E-state index in [0.29, 0.717) is 11.3 Å². The van der Waals surface area contributed by atoms with E-state index in [2.05, 4.69) is 10.6 Å². The Bertz CT molecular complexity index is 775. The second kappa shape index (κ2) is 9.96. The summed E-state index contributed by atoms with van der Waals surface area (Å²) in [7, 11) is 1.31. The molecule has 2 aromatic carbocycles. The standard InChI is InChI=1S/C20H22N2O5/c1-3-27-20(25)21-16-11-9-15(10-12-16)19(24)22-17(13-18(23)26-2)14-7-5-4-6-8-14/h4-12,17H,3,13H2,1-2H3,(H,21,25)(H,22,24). The second-order valence-corrected chi connectivity index (χ2v) is 5.64. The summed E-state index contributed by atoms with van der Waals surface area (Å²) in [6, 6.07) is 15.0. The summed E-state index contributed by atoms with van der Waals surface area (Å²) < 4.78 is 9.52. The van der Waals surface area contributed by atoms with Crippen molar-refractivity contribution < 1.29 is 23.9 Å². The van der Waals surface area contributed by atoms with E-state index in [1.165, 1.54) is 7.11 Å². The molecule has 2 amide bonds. The quantitative estimate of drug-likeness (QED) is 0.730. The summed E-state index contributed by atoms with van der Waals surface area (Å²) in [5.74, 6) is -0.756. The molecule has 0 saturated carbocycles.